The normalized spacial score (nSPS) is 27.4. The van der Waals surface area contributed by atoms with Crippen LogP contribution in [-0.4, -0.2) is 32.1 Å². The molecule has 4 atom stereocenters. The smallest absolute Gasteiger partial charge is 0.229 e. The Morgan fingerprint density at radius 1 is 1.33 bits per heavy atom. The first-order chi connectivity index (χ1) is 11.6. The van der Waals surface area contributed by atoms with E-state index in [0.29, 0.717) is 5.69 Å². The highest BCUT2D eigenvalue weighted by molar-refractivity contribution is 5.79. The zero-order chi connectivity index (χ0) is 16.7. The number of aromatic nitrogens is 4. The minimum absolute atomic E-state index is 0.0493. The Bertz CT molecular complexity index is 791. The number of aromatic amines is 1. The van der Waals surface area contributed by atoms with Crippen LogP contribution in [0.4, 0.5) is 21.8 Å². The molecule has 2 aliphatic rings. The van der Waals surface area contributed by atoms with Crippen LogP contribution in [0.1, 0.15) is 6.42 Å². The van der Waals surface area contributed by atoms with Gasteiger partial charge in [-0.25, -0.2) is 9.37 Å². The SMILES string of the molecule is NC(=O)[C@H]1[C@@H](Nc2nc(Nc3cn[nH]c3)ncc2F)[C@@H]2C=C[C@@H]1C2. The second-order valence-electron chi connectivity index (χ2n) is 6.05. The van der Waals surface area contributed by atoms with E-state index in [4.69, 9.17) is 5.73 Å². The van der Waals surface area contributed by atoms with Crippen LogP contribution in [0.3, 0.4) is 0 Å². The summed E-state index contributed by atoms with van der Waals surface area (Å²) in [7, 11) is 0. The highest BCUT2D eigenvalue weighted by atomic mass is 19.1. The van der Waals surface area contributed by atoms with Gasteiger partial charge in [0.2, 0.25) is 11.9 Å². The van der Waals surface area contributed by atoms with E-state index < -0.39 is 5.82 Å². The summed E-state index contributed by atoms with van der Waals surface area (Å²) in [6.07, 6.45) is 9.18. The van der Waals surface area contributed by atoms with Gasteiger partial charge in [0.05, 0.1) is 24.0 Å². The molecule has 24 heavy (non-hydrogen) atoms. The standard InChI is InChI=1S/C15H16FN7O/c16-10-6-18-15(21-9-4-19-20-5-9)23-14(10)22-12-8-2-1-7(3-8)11(12)13(17)24/h1-2,4-8,11-12H,3H2,(H2,17,24)(H,19,20)(H2,18,21,22,23)/t7-,8-,11-,12+/m1/s1. The van der Waals surface area contributed by atoms with Gasteiger partial charge in [0.1, 0.15) is 0 Å². The van der Waals surface area contributed by atoms with Crippen LogP contribution < -0.4 is 16.4 Å². The second kappa shape index (κ2) is 5.59. The number of primary amides is 1. The first kappa shape index (κ1) is 14.6. The van der Waals surface area contributed by atoms with E-state index in [9.17, 15) is 9.18 Å². The van der Waals surface area contributed by atoms with Crippen LogP contribution >= 0.6 is 0 Å². The maximum Gasteiger partial charge on any atom is 0.229 e. The lowest BCUT2D eigenvalue weighted by molar-refractivity contribution is -0.122. The van der Waals surface area contributed by atoms with Crippen LogP contribution in [0.15, 0.2) is 30.7 Å². The summed E-state index contributed by atoms with van der Waals surface area (Å²) in [5.74, 6) is -0.786. The molecule has 0 unspecified atom stereocenters. The van der Waals surface area contributed by atoms with Gasteiger partial charge in [-0.05, 0) is 18.3 Å². The molecule has 0 aromatic carbocycles. The number of amides is 1. The zero-order valence-corrected chi connectivity index (χ0v) is 12.6. The van der Waals surface area contributed by atoms with Crippen LogP contribution in [0.5, 0.6) is 0 Å². The minimum atomic E-state index is -0.581. The highest BCUT2D eigenvalue weighted by Gasteiger charge is 2.47. The summed E-state index contributed by atoms with van der Waals surface area (Å²) in [6.45, 7) is 0. The van der Waals surface area contributed by atoms with Crippen LogP contribution in [0.25, 0.3) is 0 Å². The average molecular weight is 329 g/mol. The van der Waals surface area contributed by atoms with Crippen molar-refractivity contribution in [1.29, 1.82) is 0 Å². The summed E-state index contributed by atoms with van der Waals surface area (Å²) in [4.78, 5) is 19.8. The van der Waals surface area contributed by atoms with E-state index in [2.05, 4.69) is 30.8 Å². The van der Waals surface area contributed by atoms with Crippen molar-refractivity contribution in [1.82, 2.24) is 20.2 Å². The van der Waals surface area contributed by atoms with Crippen molar-refractivity contribution in [2.24, 2.45) is 23.5 Å². The summed E-state index contributed by atoms with van der Waals surface area (Å²) in [5.41, 5.74) is 6.18. The maximum absolute atomic E-state index is 14.1. The van der Waals surface area contributed by atoms with E-state index >= 15 is 0 Å². The predicted octanol–water partition coefficient (Wildman–Crippen LogP) is 1.17. The van der Waals surface area contributed by atoms with Crippen molar-refractivity contribution >= 4 is 23.4 Å². The van der Waals surface area contributed by atoms with Crippen LogP contribution in [-0.2, 0) is 4.79 Å². The molecule has 1 saturated carbocycles. The summed E-state index contributed by atoms with van der Waals surface area (Å²) in [5, 5.41) is 12.4. The number of nitrogens with two attached hydrogens (primary N) is 1. The number of nitrogens with one attached hydrogen (secondary N) is 3. The molecule has 124 valence electrons. The van der Waals surface area contributed by atoms with Gasteiger partial charge >= 0.3 is 0 Å². The molecule has 2 aliphatic carbocycles. The second-order valence-corrected chi connectivity index (χ2v) is 6.05. The van der Waals surface area contributed by atoms with E-state index in [1.165, 1.54) is 0 Å². The van der Waals surface area contributed by atoms with Crippen molar-refractivity contribution in [2.75, 3.05) is 10.6 Å². The number of halogens is 1. The fraction of sp³-hybridized carbons (Fsp3) is 0.333. The Labute approximate surface area is 136 Å². The van der Waals surface area contributed by atoms with Crippen molar-refractivity contribution in [2.45, 2.75) is 12.5 Å². The number of anilines is 3. The lowest BCUT2D eigenvalue weighted by Crippen LogP contribution is -2.41. The summed E-state index contributed by atoms with van der Waals surface area (Å²) in [6, 6.07) is -0.260. The Kier molecular flexibility index (Phi) is 3.40. The molecule has 1 amide bonds. The van der Waals surface area contributed by atoms with Gasteiger partial charge in [0, 0.05) is 12.2 Å². The molecule has 2 bridgehead atoms. The maximum atomic E-state index is 14.1. The van der Waals surface area contributed by atoms with Crippen LogP contribution in [0.2, 0.25) is 0 Å². The molecule has 2 heterocycles. The monoisotopic (exact) mass is 329 g/mol. The lowest BCUT2D eigenvalue weighted by atomic mass is 9.88. The van der Waals surface area contributed by atoms with Gasteiger partial charge in [-0.3, -0.25) is 9.89 Å². The van der Waals surface area contributed by atoms with Gasteiger partial charge in [-0.15, -0.1) is 0 Å². The van der Waals surface area contributed by atoms with Crippen molar-refractivity contribution in [3.05, 3.63) is 36.6 Å². The molecule has 1 fully saturated rings. The molecule has 0 saturated heterocycles. The Morgan fingerprint density at radius 2 is 2.17 bits per heavy atom. The number of hydrogen-bond donors (Lipinski definition) is 4. The van der Waals surface area contributed by atoms with Gasteiger partial charge in [-0.1, -0.05) is 12.2 Å². The third-order valence-corrected chi connectivity index (χ3v) is 4.59. The summed E-state index contributed by atoms with van der Waals surface area (Å²) >= 11 is 0. The number of fused-ring (bicyclic) bond motifs is 2. The Morgan fingerprint density at radius 3 is 2.92 bits per heavy atom. The molecule has 8 nitrogen and oxygen atoms in total. The molecule has 0 aliphatic heterocycles. The number of H-pyrrole nitrogens is 1. The fourth-order valence-electron chi connectivity index (χ4n) is 3.54. The number of nitrogens with zero attached hydrogens (tertiary/aromatic N) is 3. The number of rotatable bonds is 5. The third kappa shape index (κ3) is 2.47. The molecule has 9 heteroatoms. The summed E-state index contributed by atoms with van der Waals surface area (Å²) < 4.78 is 14.1. The number of carbonyl (C=O) groups excluding carboxylic acids is 1. The molecule has 2 aromatic rings. The van der Waals surface area contributed by atoms with Gasteiger partial charge in [-0.2, -0.15) is 10.1 Å². The first-order valence-corrected chi connectivity index (χ1v) is 7.64. The van der Waals surface area contributed by atoms with Gasteiger partial charge in [0.15, 0.2) is 11.6 Å². The van der Waals surface area contributed by atoms with E-state index in [0.717, 1.165) is 12.6 Å². The van der Waals surface area contributed by atoms with E-state index in [-0.39, 0.29) is 41.5 Å². The first-order valence-electron chi connectivity index (χ1n) is 7.64. The highest BCUT2D eigenvalue weighted by Crippen LogP contribution is 2.44. The molecule has 4 rings (SSSR count). The molecule has 2 aromatic heterocycles. The Hall–Kier alpha value is -2.97. The lowest BCUT2D eigenvalue weighted by Gasteiger charge is -2.27. The van der Waals surface area contributed by atoms with Gasteiger partial charge in [0.25, 0.3) is 0 Å². The molecular weight excluding hydrogens is 313 g/mol. The fourth-order valence-corrected chi connectivity index (χ4v) is 3.54. The molecule has 5 N–H and O–H groups in total. The van der Waals surface area contributed by atoms with Crippen molar-refractivity contribution in [3.8, 4) is 0 Å². The molecule has 0 spiro atoms. The van der Waals surface area contributed by atoms with Crippen molar-refractivity contribution in [3.63, 3.8) is 0 Å². The van der Waals surface area contributed by atoms with E-state index in [1.54, 1.807) is 12.4 Å². The van der Waals surface area contributed by atoms with Crippen molar-refractivity contribution < 1.29 is 9.18 Å². The zero-order valence-electron chi connectivity index (χ0n) is 12.6. The Balaban J connectivity index is 1.57. The quantitative estimate of drug-likeness (QED) is 0.611. The molecule has 0 radical (unpaired) electrons. The largest absolute Gasteiger partial charge is 0.369 e. The number of hydrogen-bond acceptors (Lipinski definition) is 6. The topological polar surface area (TPSA) is 122 Å². The number of allylic oxidation sites excluding steroid dienone is 1. The average Bonchev–Trinajstić information content (AvgIpc) is 3.27. The third-order valence-electron chi connectivity index (χ3n) is 4.59. The molecular formula is C15H16FN7O. The van der Waals surface area contributed by atoms with Crippen LogP contribution in [0, 0.1) is 23.6 Å². The van der Waals surface area contributed by atoms with E-state index in [1.807, 2.05) is 12.2 Å². The number of carbonyl (C=O) groups is 1. The minimum Gasteiger partial charge on any atom is -0.369 e. The predicted molar refractivity (Wildman–Crippen MR) is 84.7 cm³/mol. The van der Waals surface area contributed by atoms with Gasteiger partial charge < -0.3 is 16.4 Å².